The van der Waals surface area contributed by atoms with Gasteiger partial charge in [-0.3, -0.25) is 4.79 Å². The molecule has 0 saturated carbocycles. The van der Waals surface area contributed by atoms with Crippen LogP contribution in [0.4, 0.5) is 0 Å². The molecule has 0 bridgehead atoms. The highest BCUT2D eigenvalue weighted by Gasteiger charge is 2.09. The third kappa shape index (κ3) is 4.60. The Morgan fingerprint density at radius 3 is 2.71 bits per heavy atom. The molecule has 0 aliphatic rings. The molecule has 2 nitrogen and oxygen atoms in total. The molecule has 0 fully saturated rings. The van der Waals surface area contributed by atoms with E-state index < -0.39 is 0 Å². The third-order valence-corrected chi connectivity index (χ3v) is 4.58. The molecular weight excluding hydrogens is 325 g/mol. The van der Waals surface area contributed by atoms with E-state index in [9.17, 15) is 4.79 Å². The van der Waals surface area contributed by atoms with Crippen molar-refractivity contribution >= 4 is 46.5 Å². The van der Waals surface area contributed by atoms with Crippen LogP contribution in [0.3, 0.4) is 0 Å². The molecule has 2 aromatic rings. The van der Waals surface area contributed by atoms with E-state index >= 15 is 0 Å². The van der Waals surface area contributed by atoms with E-state index in [1.807, 2.05) is 30.5 Å². The molecule has 0 aliphatic carbocycles. The number of halogens is 2. The van der Waals surface area contributed by atoms with Crippen molar-refractivity contribution in [3.8, 4) is 0 Å². The Balaban J connectivity index is 2.04. The van der Waals surface area contributed by atoms with Crippen LogP contribution in [0.25, 0.3) is 6.08 Å². The van der Waals surface area contributed by atoms with Gasteiger partial charge < -0.3 is 4.90 Å². The van der Waals surface area contributed by atoms with Crippen LogP contribution >= 0.6 is 34.5 Å². The van der Waals surface area contributed by atoms with Crippen molar-refractivity contribution in [2.24, 2.45) is 0 Å². The molecule has 21 heavy (non-hydrogen) atoms. The van der Waals surface area contributed by atoms with Crippen molar-refractivity contribution < 1.29 is 4.79 Å². The van der Waals surface area contributed by atoms with Crippen LogP contribution in [0.5, 0.6) is 0 Å². The molecule has 0 spiro atoms. The smallest absolute Gasteiger partial charge is 0.246 e. The van der Waals surface area contributed by atoms with Crippen molar-refractivity contribution in [2.45, 2.75) is 13.5 Å². The molecule has 0 unspecified atom stereocenters. The van der Waals surface area contributed by atoms with Crippen LogP contribution in [-0.4, -0.2) is 17.4 Å². The van der Waals surface area contributed by atoms with Crippen LogP contribution in [-0.2, 0) is 11.3 Å². The fourth-order valence-electron chi connectivity index (χ4n) is 1.83. The molecule has 1 heterocycles. The van der Waals surface area contributed by atoms with Gasteiger partial charge in [0, 0.05) is 17.5 Å². The molecular formula is C16H15Cl2NOS. The molecule has 0 aliphatic heterocycles. The van der Waals surface area contributed by atoms with Gasteiger partial charge in [0.1, 0.15) is 0 Å². The number of likely N-dealkylation sites (N-methyl/N-ethyl adjacent to an activating group) is 1. The maximum absolute atomic E-state index is 12.2. The summed E-state index contributed by atoms with van der Waals surface area (Å²) < 4.78 is 0. The summed E-state index contributed by atoms with van der Waals surface area (Å²) in [6, 6.07) is 9.31. The summed E-state index contributed by atoms with van der Waals surface area (Å²) in [6.45, 7) is 3.28. The molecule has 0 radical (unpaired) electrons. The number of hydrogen-bond donors (Lipinski definition) is 0. The van der Waals surface area contributed by atoms with Crippen LogP contribution in [0.1, 0.15) is 17.4 Å². The average Bonchev–Trinajstić information content (AvgIpc) is 2.98. The summed E-state index contributed by atoms with van der Waals surface area (Å²) in [5.74, 6) is -0.0167. The van der Waals surface area contributed by atoms with Gasteiger partial charge in [0.15, 0.2) is 0 Å². The third-order valence-electron chi connectivity index (χ3n) is 2.98. The van der Waals surface area contributed by atoms with E-state index in [0.717, 1.165) is 5.56 Å². The van der Waals surface area contributed by atoms with E-state index in [-0.39, 0.29) is 5.91 Å². The molecule has 0 N–H and O–H groups in total. The zero-order chi connectivity index (χ0) is 15.2. The normalized spacial score (nSPS) is 11.0. The molecule has 1 aromatic heterocycles. The number of benzene rings is 1. The highest BCUT2D eigenvalue weighted by molar-refractivity contribution is 7.09. The van der Waals surface area contributed by atoms with E-state index in [1.165, 1.54) is 4.88 Å². The Bertz CT molecular complexity index is 638. The number of carbonyl (C=O) groups excluding carboxylic acids is 1. The van der Waals surface area contributed by atoms with Gasteiger partial charge in [-0.2, -0.15) is 0 Å². The maximum atomic E-state index is 12.2. The predicted molar refractivity (Wildman–Crippen MR) is 90.9 cm³/mol. The first-order valence-electron chi connectivity index (χ1n) is 6.54. The average molecular weight is 340 g/mol. The first kappa shape index (κ1) is 16.1. The molecule has 0 atom stereocenters. The lowest BCUT2D eigenvalue weighted by Crippen LogP contribution is -2.28. The van der Waals surface area contributed by atoms with Crippen molar-refractivity contribution in [1.29, 1.82) is 0 Å². The fourth-order valence-corrected chi connectivity index (χ4v) is 2.85. The summed E-state index contributed by atoms with van der Waals surface area (Å²) in [4.78, 5) is 15.2. The van der Waals surface area contributed by atoms with Crippen molar-refractivity contribution in [2.75, 3.05) is 6.54 Å². The minimum atomic E-state index is -0.0167. The Morgan fingerprint density at radius 2 is 2.10 bits per heavy atom. The lowest BCUT2D eigenvalue weighted by molar-refractivity contribution is -0.126. The van der Waals surface area contributed by atoms with Gasteiger partial charge in [0.2, 0.25) is 5.91 Å². The van der Waals surface area contributed by atoms with E-state index in [0.29, 0.717) is 23.1 Å². The molecule has 0 saturated heterocycles. The number of rotatable bonds is 5. The number of thiophene rings is 1. The van der Waals surface area contributed by atoms with Gasteiger partial charge in [-0.15, -0.1) is 11.3 Å². The van der Waals surface area contributed by atoms with E-state index in [1.54, 1.807) is 40.5 Å². The highest BCUT2D eigenvalue weighted by atomic mass is 35.5. The topological polar surface area (TPSA) is 20.3 Å². The van der Waals surface area contributed by atoms with Crippen LogP contribution < -0.4 is 0 Å². The number of amides is 1. The largest absolute Gasteiger partial charge is 0.334 e. The van der Waals surface area contributed by atoms with Gasteiger partial charge in [-0.25, -0.2) is 0 Å². The Morgan fingerprint density at radius 1 is 1.29 bits per heavy atom. The molecule has 2 rings (SSSR count). The second kappa shape index (κ2) is 7.64. The summed E-state index contributed by atoms with van der Waals surface area (Å²) in [5, 5.41) is 3.00. The Kier molecular flexibility index (Phi) is 5.85. The fraction of sp³-hybridized carbons (Fsp3) is 0.188. The van der Waals surface area contributed by atoms with Crippen LogP contribution in [0.2, 0.25) is 10.0 Å². The quantitative estimate of drug-likeness (QED) is 0.692. The summed E-state index contributed by atoms with van der Waals surface area (Å²) in [7, 11) is 0. The predicted octanol–water partition coefficient (Wildman–Crippen LogP) is 5.12. The minimum absolute atomic E-state index is 0.0167. The second-order valence-electron chi connectivity index (χ2n) is 4.44. The second-order valence-corrected chi connectivity index (χ2v) is 6.29. The van der Waals surface area contributed by atoms with Gasteiger partial charge in [0.05, 0.1) is 16.6 Å². The number of hydrogen-bond acceptors (Lipinski definition) is 2. The lowest BCUT2D eigenvalue weighted by atomic mass is 10.2. The SMILES string of the molecule is CCN(Cc1cccs1)C(=O)/C=C/c1ccc(Cl)c(Cl)c1. The standard InChI is InChI=1S/C16H15Cl2NOS/c1-2-19(11-13-4-3-9-21-13)16(20)8-6-12-5-7-14(17)15(18)10-12/h3-10H,2,11H2,1H3/b8-6+. The van der Waals surface area contributed by atoms with Gasteiger partial charge in [0.25, 0.3) is 0 Å². The zero-order valence-electron chi connectivity index (χ0n) is 11.6. The monoisotopic (exact) mass is 339 g/mol. The van der Waals surface area contributed by atoms with E-state index in [2.05, 4.69) is 0 Å². The highest BCUT2D eigenvalue weighted by Crippen LogP contribution is 2.23. The van der Waals surface area contributed by atoms with Gasteiger partial charge in [-0.1, -0.05) is 35.3 Å². The lowest BCUT2D eigenvalue weighted by Gasteiger charge is -2.18. The maximum Gasteiger partial charge on any atom is 0.246 e. The molecule has 1 amide bonds. The molecule has 110 valence electrons. The molecule has 1 aromatic carbocycles. The van der Waals surface area contributed by atoms with Crippen LogP contribution in [0, 0.1) is 0 Å². The van der Waals surface area contributed by atoms with Crippen molar-refractivity contribution in [1.82, 2.24) is 4.90 Å². The van der Waals surface area contributed by atoms with Gasteiger partial charge in [-0.05, 0) is 42.1 Å². The molecule has 5 heteroatoms. The number of carbonyl (C=O) groups is 1. The Hall–Kier alpha value is -1.29. The Labute approximate surface area is 138 Å². The summed E-state index contributed by atoms with van der Waals surface area (Å²) in [5.41, 5.74) is 0.852. The summed E-state index contributed by atoms with van der Waals surface area (Å²) >= 11 is 13.5. The van der Waals surface area contributed by atoms with Crippen molar-refractivity contribution in [3.05, 3.63) is 62.3 Å². The first-order chi connectivity index (χ1) is 10.1. The zero-order valence-corrected chi connectivity index (χ0v) is 13.9. The van der Waals surface area contributed by atoms with Crippen LogP contribution in [0.15, 0.2) is 41.8 Å². The van der Waals surface area contributed by atoms with Gasteiger partial charge >= 0.3 is 0 Å². The first-order valence-corrected chi connectivity index (χ1v) is 8.18. The number of nitrogens with zero attached hydrogens (tertiary/aromatic N) is 1. The van der Waals surface area contributed by atoms with E-state index in [4.69, 9.17) is 23.2 Å². The van der Waals surface area contributed by atoms with Crippen molar-refractivity contribution in [3.63, 3.8) is 0 Å². The summed E-state index contributed by atoms with van der Waals surface area (Å²) in [6.07, 6.45) is 3.32. The minimum Gasteiger partial charge on any atom is -0.334 e.